The highest BCUT2D eigenvalue weighted by atomic mass is 16.6. The summed E-state index contributed by atoms with van der Waals surface area (Å²) in [6.07, 6.45) is 102. The molecule has 83 heavy (non-hydrogen) atoms. The summed E-state index contributed by atoms with van der Waals surface area (Å²) in [7, 11) is 0. The Morgan fingerprint density at radius 3 is 0.759 bits per heavy atom. The molecule has 1 atom stereocenters. The zero-order chi connectivity index (χ0) is 59.9. The van der Waals surface area contributed by atoms with Crippen molar-refractivity contribution >= 4 is 17.9 Å². The van der Waals surface area contributed by atoms with Crippen molar-refractivity contribution in [1.29, 1.82) is 0 Å². The molecule has 0 aliphatic carbocycles. The molecular weight excluding hydrogens is 1020 g/mol. The Bertz CT molecular complexity index is 1890. The number of allylic oxidation sites excluding steroid dienone is 28. The molecule has 0 aromatic rings. The van der Waals surface area contributed by atoms with Crippen molar-refractivity contribution in [1.82, 2.24) is 0 Å². The van der Waals surface area contributed by atoms with Gasteiger partial charge in [-0.1, -0.05) is 274 Å². The van der Waals surface area contributed by atoms with Crippen LogP contribution < -0.4 is 0 Å². The molecule has 0 amide bonds. The minimum absolute atomic E-state index is 0.112. The van der Waals surface area contributed by atoms with Crippen LogP contribution >= 0.6 is 0 Å². The molecule has 0 heterocycles. The van der Waals surface area contributed by atoms with Gasteiger partial charge in [0.25, 0.3) is 0 Å². The standard InChI is InChI=1S/C77H122O6/c1-4-7-10-13-16-19-22-25-28-30-32-34-36-37-38-39-41-42-44-46-49-52-55-58-61-64-67-70-76(79)82-73-74(72-81-75(78)69-66-63-60-57-54-51-48-27-24-21-18-15-12-9-6-3)83-77(80)71-68-65-62-59-56-53-50-47-45-43-40-35-33-31-29-26-23-20-17-14-11-8-5-2/h7,9-10,12,16,18-19,21,23,25-28,31-34,37-38,40-43,46,48-49,54,57,74H,4-6,8,11,13-15,17,20,22,24,29-30,35-36,39,44-45,47,50-53,55-56,58-73H2,1-3H3/b10-7-,12-9-,19-16-,21-18-,26-23-,28-25-,33-31-,34-32-,38-37-,42-41-,43-40-,48-27-,49-46-,57-54-. The van der Waals surface area contributed by atoms with E-state index in [1.165, 1.54) is 70.6 Å². The van der Waals surface area contributed by atoms with Gasteiger partial charge in [-0.2, -0.15) is 0 Å². The van der Waals surface area contributed by atoms with Crippen LogP contribution in [0.5, 0.6) is 0 Å². The second-order valence-corrected chi connectivity index (χ2v) is 21.6. The zero-order valence-corrected chi connectivity index (χ0v) is 53.4. The Labute approximate surface area is 511 Å². The van der Waals surface area contributed by atoms with Crippen LogP contribution in [0.15, 0.2) is 170 Å². The maximum absolute atomic E-state index is 12.9. The first kappa shape index (κ1) is 77.8. The lowest BCUT2D eigenvalue weighted by molar-refractivity contribution is -0.167. The minimum Gasteiger partial charge on any atom is -0.462 e. The molecule has 0 radical (unpaired) electrons. The van der Waals surface area contributed by atoms with Crippen LogP contribution in [0.4, 0.5) is 0 Å². The summed E-state index contributed by atoms with van der Waals surface area (Å²) in [6, 6.07) is 0. The molecule has 1 unspecified atom stereocenters. The van der Waals surface area contributed by atoms with Gasteiger partial charge in [0.2, 0.25) is 0 Å². The fraction of sp³-hybridized carbons (Fsp3) is 0.597. The molecule has 0 spiro atoms. The number of hydrogen-bond acceptors (Lipinski definition) is 6. The maximum atomic E-state index is 12.9. The first-order valence-electron chi connectivity index (χ1n) is 33.6. The van der Waals surface area contributed by atoms with Gasteiger partial charge in [-0.3, -0.25) is 14.4 Å². The van der Waals surface area contributed by atoms with E-state index < -0.39 is 6.10 Å². The van der Waals surface area contributed by atoms with Gasteiger partial charge in [-0.05, 0) is 154 Å². The first-order valence-corrected chi connectivity index (χ1v) is 33.6. The largest absolute Gasteiger partial charge is 0.462 e. The van der Waals surface area contributed by atoms with Gasteiger partial charge < -0.3 is 14.2 Å². The number of esters is 3. The van der Waals surface area contributed by atoms with Crippen LogP contribution in [0, 0.1) is 0 Å². The van der Waals surface area contributed by atoms with Gasteiger partial charge in [-0.25, -0.2) is 0 Å². The molecule has 0 fully saturated rings. The number of carbonyl (C=O) groups is 3. The van der Waals surface area contributed by atoms with Gasteiger partial charge in [0.15, 0.2) is 6.10 Å². The predicted octanol–water partition coefficient (Wildman–Crippen LogP) is 23.4. The Hall–Kier alpha value is -5.23. The molecular formula is C77H122O6. The van der Waals surface area contributed by atoms with Gasteiger partial charge in [0.05, 0.1) is 0 Å². The van der Waals surface area contributed by atoms with Crippen molar-refractivity contribution in [3.8, 4) is 0 Å². The lowest BCUT2D eigenvalue weighted by Crippen LogP contribution is -2.30. The molecule has 6 heteroatoms. The third-order valence-corrected chi connectivity index (χ3v) is 13.7. The van der Waals surface area contributed by atoms with Crippen molar-refractivity contribution in [3.05, 3.63) is 170 Å². The molecule has 0 N–H and O–H groups in total. The normalized spacial score (nSPS) is 13.2. The third kappa shape index (κ3) is 67.4. The summed E-state index contributed by atoms with van der Waals surface area (Å²) >= 11 is 0. The van der Waals surface area contributed by atoms with Gasteiger partial charge >= 0.3 is 17.9 Å². The first-order chi connectivity index (χ1) is 41.0. The number of carbonyl (C=O) groups excluding carboxylic acids is 3. The fourth-order valence-electron chi connectivity index (χ4n) is 8.71. The SMILES string of the molecule is CC/C=C\C/C=C\C/C=C\C/C=C\C/C=C\C/C=C\C/C=C\CCCCCCCC(=O)OCC(COC(=O)CCCC/C=C\C/C=C\C/C=C\C/C=C\CC)OC(=O)CCCCCCCCCC/C=C\C/C=C\C/C=C\CCCCCCC. The van der Waals surface area contributed by atoms with Crippen molar-refractivity contribution in [2.24, 2.45) is 0 Å². The molecule has 0 aliphatic heterocycles. The van der Waals surface area contributed by atoms with Crippen LogP contribution in [0.25, 0.3) is 0 Å². The summed E-state index contributed by atoms with van der Waals surface area (Å²) in [5, 5.41) is 0. The van der Waals surface area contributed by atoms with E-state index >= 15 is 0 Å². The molecule has 0 bridgehead atoms. The Morgan fingerprint density at radius 1 is 0.253 bits per heavy atom. The number of ether oxygens (including phenoxy) is 3. The van der Waals surface area contributed by atoms with E-state index in [9.17, 15) is 14.4 Å². The van der Waals surface area contributed by atoms with E-state index in [0.29, 0.717) is 25.7 Å². The highest BCUT2D eigenvalue weighted by molar-refractivity contribution is 5.71. The smallest absolute Gasteiger partial charge is 0.306 e. The number of hydrogen-bond donors (Lipinski definition) is 0. The highest BCUT2D eigenvalue weighted by Gasteiger charge is 2.19. The molecule has 0 saturated heterocycles. The summed E-state index contributed by atoms with van der Waals surface area (Å²) < 4.78 is 16.9. The second kappa shape index (κ2) is 69.3. The molecule has 466 valence electrons. The third-order valence-electron chi connectivity index (χ3n) is 13.7. The average molecular weight is 1140 g/mol. The molecule has 0 aromatic heterocycles. The topological polar surface area (TPSA) is 78.9 Å². The van der Waals surface area contributed by atoms with Gasteiger partial charge in [-0.15, -0.1) is 0 Å². The lowest BCUT2D eigenvalue weighted by Gasteiger charge is -2.18. The van der Waals surface area contributed by atoms with Crippen LogP contribution in [0.2, 0.25) is 0 Å². The second-order valence-electron chi connectivity index (χ2n) is 21.6. The summed E-state index contributed by atoms with van der Waals surface area (Å²) in [4.78, 5) is 38.4. The monoisotopic (exact) mass is 1140 g/mol. The van der Waals surface area contributed by atoms with E-state index in [0.717, 1.165) is 161 Å². The maximum Gasteiger partial charge on any atom is 0.306 e. The predicted molar refractivity (Wildman–Crippen MR) is 361 cm³/mol. The Balaban J connectivity index is 4.48. The van der Waals surface area contributed by atoms with Crippen LogP contribution in [-0.2, 0) is 28.6 Å². The van der Waals surface area contributed by atoms with E-state index in [1.807, 2.05) is 0 Å². The van der Waals surface area contributed by atoms with Crippen molar-refractivity contribution in [3.63, 3.8) is 0 Å². The fourth-order valence-corrected chi connectivity index (χ4v) is 8.71. The molecule has 0 rings (SSSR count). The van der Waals surface area contributed by atoms with E-state index in [1.54, 1.807) is 0 Å². The van der Waals surface area contributed by atoms with Crippen molar-refractivity contribution in [2.45, 2.75) is 284 Å². The summed E-state index contributed by atoms with van der Waals surface area (Å²) in [6.45, 7) is 6.34. The van der Waals surface area contributed by atoms with Gasteiger partial charge in [0.1, 0.15) is 13.2 Å². The van der Waals surface area contributed by atoms with E-state index in [2.05, 4.69) is 191 Å². The van der Waals surface area contributed by atoms with Gasteiger partial charge in [0, 0.05) is 19.3 Å². The summed E-state index contributed by atoms with van der Waals surface area (Å²) in [5.74, 6) is -0.982. The van der Waals surface area contributed by atoms with Crippen molar-refractivity contribution in [2.75, 3.05) is 13.2 Å². The molecule has 6 nitrogen and oxygen atoms in total. The minimum atomic E-state index is -0.819. The Kier molecular flexibility index (Phi) is 64.9. The van der Waals surface area contributed by atoms with E-state index in [-0.39, 0.29) is 31.1 Å². The molecule has 0 saturated carbocycles. The van der Waals surface area contributed by atoms with Crippen LogP contribution in [0.1, 0.15) is 278 Å². The quantitative estimate of drug-likeness (QED) is 0.0261. The van der Waals surface area contributed by atoms with Crippen LogP contribution in [-0.4, -0.2) is 37.2 Å². The Morgan fingerprint density at radius 2 is 0.470 bits per heavy atom. The molecule has 0 aromatic carbocycles. The lowest BCUT2D eigenvalue weighted by atomic mass is 10.1. The number of unbranched alkanes of at least 4 members (excludes halogenated alkanes) is 20. The van der Waals surface area contributed by atoms with Crippen molar-refractivity contribution < 1.29 is 28.6 Å². The molecule has 0 aliphatic rings. The highest BCUT2D eigenvalue weighted by Crippen LogP contribution is 2.14. The average Bonchev–Trinajstić information content (AvgIpc) is 3.49. The summed E-state index contributed by atoms with van der Waals surface area (Å²) in [5.41, 5.74) is 0. The number of rotatable bonds is 59. The zero-order valence-electron chi connectivity index (χ0n) is 53.4. The van der Waals surface area contributed by atoms with Crippen LogP contribution in [0.3, 0.4) is 0 Å². The van der Waals surface area contributed by atoms with E-state index in [4.69, 9.17) is 14.2 Å².